The van der Waals surface area contributed by atoms with E-state index in [-0.39, 0.29) is 30.4 Å². The number of aliphatic carboxylic acids is 1. The van der Waals surface area contributed by atoms with Gasteiger partial charge in [-0.25, -0.2) is 9.18 Å². The molecule has 2 aliphatic rings. The number of likely N-dealkylation sites (tertiary alicyclic amines) is 1. The van der Waals surface area contributed by atoms with Crippen LogP contribution in [-0.4, -0.2) is 41.1 Å². The number of nitrogens with one attached hydrogen (secondary N) is 1. The molecular formula is C16H19FN2O3. The van der Waals surface area contributed by atoms with Crippen LogP contribution < -0.4 is 5.32 Å². The molecule has 2 amide bonds. The normalized spacial score (nSPS) is 27.3. The van der Waals surface area contributed by atoms with Gasteiger partial charge < -0.3 is 15.3 Å². The van der Waals surface area contributed by atoms with Gasteiger partial charge in [0.2, 0.25) is 0 Å². The molecule has 1 aromatic rings. The SMILES string of the molecule is O=C(O)C1CCCN(C(=O)NC2CC2c2cccc(F)c2)C1. The number of amides is 2. The highest BCUT2D eigenvalue weighted by Gasteiger charge is 2.41. The van der Waals surface area contributed by atoms with Crippen LogP contribution in [0, 0.1) is 11.7 Å². The Morgan fingerprint density at radius 1 is 1.36 bits per heavy atom. The molecule has 0 bridgehead atoms. The number of hydrogen-bond donors (Lipinski definition) is 2. The molecule has 1 saturated heterocycles. The number of urea groups is 1. The van der Waals surface area contributed by atoms with E-state index in [4.69, 9.17) is 5.11 Å². The molecule has 118 valence electrons. The highest BCUT2D eigenvalue weighted by atomic mass is 19.1. The van der Waals surface area contributed by atoms with E-state index in [1.807, 2.05) is 6.07 Å². The fourth-order valence-electron chi connectivity index (χ4n) is 3.07. The smallest absolute Gasteiger partial charge is 0.317 e. The summed E-state index contributed by atoms with van der Waals surface area (Å²) in [5.74, 6) is -1.44. The summed E-state index contributed by atoms with van der Waals surface area (Å²) in [6, 6.07) is 6.23. The third-order valence-corrected chi connectivity index (χ3v) is 4.43. The van der Waals surface area contributed by atoms with E-state index in [1.165, 1.54) is 12.1 Å². The minimum Gasteiger partial charge on any atom is -0.481 e. The van der Waals surface area contributed by atoms with Crippen LogP contribution in [0.3, 0.4) is 0 Å². The summed E-state index contributed by atoms with van der Waals surface area (Å²) in [5.41, 5.74) is 0.896. The maximum absolute atomic E-state index is 13.2. The lowest BCUT2D eigenvalue weighted by molar-refractivity contribution is -0.143. The van der Waals surface area contributed by atoms with Crippen molar-refractivity contribution in [3.63, 3.8) is 0 Å². The number of halogens is 1. The summed E-state index contributed by atoms with van der Waals surface area (Å²) < 4.78 is 13.2. The first-order chi connectivity index (χ1) is 10.5. The summed E-state index contributed by atoms with van der Waals surface area (Å²) in [4.78, 5) is 24.8. The molecule has 3 unspecified atom stereocenters. The molecule has 1 saturated carbocycles. The van der Waals surface area contributed by atoms with Crippen molar-refractivity contribution in [1.29, 1.82) is 0 Å². The van der Waals surface area contributed by atoms with Gasteiger partial charge in [-0.1, -0.05) is 12.1 Å². The number of hydrogen-bond acceptors (Lipinski definition) is 2. The van der Waals surface area contributed by atoms with E-state index in [0.717, 1.165) is 12.0 Å². The van der Waals surface area contributed by atoms with Crippen molar-refractivity contribution in [2.45, 2.75) is 31.2 Å². The van der Waals surface area contributed by atoms with Crippen LogP contribution in [0.15, 0.2) is 24.3 Å². The molecule has 1 aliphatic carbocycles. The van der Waals surface area contributed by atoms with Gasteiger partial charge in [-0.2, -0.15) is 0 Å². The van der Waals surface area contributed by atoms with Gasteiger partial charge in [-0.05, 0) is 37.0 Å². The largest absolute Gasteiger partial charge is 0.481 e. The van der Waals surface area contributed by atoms with Gasteiger partial charge in [-0.15, -0.1) is 0 Å². The summed E-state index contributed by atoms with van der Waals surface area (Å²) >= 11 is 0. The molecular weight excluding hydrogens is 287 g/mol. The van der Waals surface area contributed by atoms with Crippen LogP contribution in [0.5, 0.6) is 0 Å². The van der Waals surface area contributed by atoms with E-state index in [1.54, 1.807) is 11.0 Å². The Balaban J connectivity index is 1.54. The van der Waals surface area contributed by atoms with E-state index in [2.05, 4.69) is 5.32 Å². The molecule has 3 atom stereocenters. The number of benzene rings is 1. The average molecular weight is 306 g/mol. The van der Waals surface area contributed by atoms with Crippen molar-refractivity contribution in [1.82, 2.24) is 10.2 Å². The second-order valence-electron chi connectivity index (χ2n) is 6.08. The van der Waals surface area contributed by atoms with Gasteiger partial charge in [0.25, 0.3) is 0 Å². The number of carboxylic acid groups (broad SMARTS) is 1. The first-order valence-corrected chi connectivity index (χ1v) is 7.58. The second-order valence-corrected chi connectivity index (χ2v) is 6.08. The van der Waals surface area contributed by atoms with Gasteiger partial charge in [0, 0.05) is 25.0 Å². The number of carbonyl (C=O) groups is 2. The van der Waals surface area contributed by atoms with Crippen LogP contribution >= 0.6 is 0 Å². The first kappa shape index (κ1) is 14.8. The molecule has 2 fully saturated rings. The zero-order valence-corrected chi connectivity index (χ0v) is 12.2. The number of piperidine rings is 1. The van der Waals surface area contributed by atoms with Gasteiger partial charge >= 0.3 is 12.0 Å². The highest BCUT2D eigenvalue weighted by molar-refractivity contribution is 5.77. The lowest BCUT2D eigenvalue weighted by atomic mass is 9.99. The zero-order chi connectivity index (χ0) is 15.7. The Hall–Kier alpha value is -2.11. The molecule has 6 heteroatoms. The molecule has 1 aliphatic heterocycles. The van der Waals surface area contributed by atoms with Crippen molar-refractivity contribution in [2.24, 2.45) is 5.92 Å². The second kappa shape index (κ2) is 5.94. The van der Waals surface area contributed by atoms with Crippen molar-refractivity contribution < 1.29 is 19.1 Å². The standard InChI is InChI=1S/C16H19FN2O3/c17-12-5-1-3-10(7-12)13-8-14(13)18-16(22)19-6-2-4-11(9-19)15(20)21/h1,3,5,7,11,13-14H,2,4,6,8-9H2,(H,18,22)(H,20,21). The monoisotopic (exact) mass is 306 g/mol. The maximum Gasteiger partial charge on any atom is 0.317 e. The molecule has 0 radical (unpaired) electrons. The predicted molar refractivity (Wildman–Crippen MR) is 78.0 cm³/mol. The van der Waals surface area contributed by atoms with Crippen molar-refractivity contribution in [3.8, 4) is 0 Å². The number of carbonyl (C=O) groups excluding carboxylic acids is 1. The van der Waals surface area contributed by atoms with Crippen LogP contribution in [0.1, 0.15) is 30.7 Å². The summed E-state index contributed by atoms with van der Waals surface area (Å²) in [6.45, 7) is 0.853. The number of carboxylic acids is 1. The van der Waals surface area contributed by atoms with Crippen LogP contribution in [0.2, 0.25) is 0 Å². The first-order valence-electron chi connectivity index (χ1n) is 7.58. The average Bonchev–Trinajstić information content (AvgIpc) is 3.26. The Bertz CT molecular complexity index is 593. The minimum atomic E-state index is -0.846. The molecule has 3 rings (SSSR count). The molecule has 0 aromatic heterocycles. The van der Waals surface area contributed by atoms with Crippen LogP contribution in [-0.2, 0) is 4.79 Å². The Kier molecular flexibility index (Phi) is 4.00. The van der Waals surface area contributed by atoms with Gasteiger partial charge in [-0.3, -0.25) is 4.79 Å². The Morgan fingerprint density at radius 2 is 2.18 bits per heavy atom. The molecule has 2 N–H and O–H groups in total. The number of nitrogens with zero attached hydrogens (tertiary/aromatic N) is 1. The van der Waals surface area contributed by atoms with E-state index in [0.29, 0.717) is 19.4 Å². The van der Waals surface area contributed by atoms with Crippen LogP contribution in [0.4, 0.5) is 9.18 Å². The Morgan fingerprint density at radius 3 is 2.91 bits per heavy atom. The molecule has 1 aromatic carbocycles. The fourth-order valence-corrected chi connectivity index (χ4v) is 3.07. The van der Waals surface area contributed by atoms with Gasteiger partial charge in [0.15, 0.2) is 0 Å². The predicted octanol–water partition coefficient (Wildman–Crippen LogP) is 2.19. The quantitative estimate of drug-likeness (QED) is 0.899. The van der Waals surface area contributed by atoms with Crippen molar-refractivity contribution in [3.05, 3.63) is 35.6 Å². The topological polar surface area (TPSA) is 69.6 Å². The molecule has 22 heavy (non-hydrogen) atoms. The summed E-state index contributed by atoms with van der Waals surface area (Å²) in [6.07, 6.45) is 2.13. The van der Waals surface area contributed by atoms with E-state index in [9.17, 15) is 14.0 Å². The molecule has 0 spiro atoms. The van der Waals surface area contributed by atoms with Crippen molar-refractivity contribution >= 4 is 12.0 Å². The highest BCUT2D eigenvalue weighted by Crippen LogP contribution is 2.41. The Labute approximate surface area is 128 Å². The molecule has 1 heterocycles. The number of rotatable bonds is 3. The van der Waals surface area contributed by atoms with Crippen molar-refractivity contribution in [2.75, 3.05) is 13.1 Å². The van der Waals surface area contributed by atoms with Crippen LogP contribution in [0.25, 0.3) is 0 Å². The van der Waals surface area contributed by atoms with Gasteiger partial charge in [0.1, 0.15) is 5.82 Å². The lowest BCUT2D eigenvalue weighted by Crippen LogP contribution is -2.47. The van der Waals surface area contributed by atoms with E-state index >= 15 is 0 Å². The van der Waals surface area contributed by atoms with Gasteiger partial charge in [0.05, 0.1) is 5.92 Å². The third-order valence-electron chi connectivity index (χ3n) is 4.43. The van der Waals surface area contributed by atoms with E-state index < -0.39 is 11.9 Å². The summed E-state index contributed by atoms with van der Waals surface area (Å²) in [7, 11) is 0. The lowest BCUT2D eigenvalue weighted by Gasteiger charge is -2.30. The zero-order valence-electron chi connectivity index (χ0n) is 12.2. The molecule has 5 nitrogen and oxygen atoms in total. The minimum absolute atomic E-state index is 0.0134. The third kappa shape index (κ3) is 3.21. The fraction of sp³-hybridized carbons (Fsp3) is 0.500. The maximum atomic E-state index is 13.2. The summed E-state index contributed by atoms with van der Waals surface area (Å²) in [5, 5.41) is 12.0.